The highest BCUT2D eigenvalue weighted by Crippen LogP contribution is 2.36. The Morgan fingerprint density at radius 2 is 1.84 bits per heavy atom. The normalized spacial score (nSPS) is 19.4. The molecular formula is C26H35N7O3S. The Balaban J connectivity index is 1.45. The van der Waals surface area contributed by atoms with Gasteiger partial charge in [0.05, 0.1) is 23.3 Å². The Labute approximate surface area is 218 Å². The number of aromatic nitrogens is 3. The van der Waals surface area contributed by atoms with Gasteiger partial charge in [-0.3, -0.25) is 4.68 Å². The van der Waals surface area contributed by atoms with Crippen LogP contribution in [0.2, 0.25) is 0 Å². The fourth-order valence-electron chi connectivity index (χ4n) is 5.16. The van der Waals surface area contributed by atoms with E-state index in [1.54, 1.807) is 30.6 Å². The Kier molecular flexibility index (Phi) is 7.11. The molecule has 1 aromatic carbocycles. The molecule has 0 bridgehead atoms. The molecule has 0 saturated carbocycles. The lowest BCUT2D eigenvalue weighted by atomic mass is 10.1. The summed E-state index contributed by atoms with van der Waals surface area (Å²) in [5.74, 6) is 1.24. The van der Waals surface area contributed by atoms with Crippen LogP contribution in [0.3, 0.4) is 0 Å². The zero-order valence-corrected chi connectivity index (χ0v) is 22.4. The number of ether oxygens (including phenoxy) is 1. The van der Waals surface area contributed by atoms with Gasteiger partial charge in [-0.05, 0) is 89.6 Å². The molecule has 4 heterocycles. The summed E-state index contributed by atoms with van der Waals surface area (Å²) in [4.78, 5) is 9.13. The van der Waals surface area contributed by atoms with Crippen LogP contribution in [0.4, 0.5) is 11.5 Å². The first-order chi connectivity index (χ1) is 17.7. The van der Waals surface area contributed by atoms with E-state index in [-0.39, 0.29) is 10.7 Å². The summed E-state index contributed by atoms with van der Waals surface area (Å²) in [5.41, 5.74) is 8.48. The summed E-state index contributed by atoms with van der Waals surface area (Å²) < 4.78 is 36.0. The van der Waals surface area contributed by atoms with E-state index in [4.69, 9.17) is 10.5 Å². The number of nitrogens with one attached hydrogen (secondary N) is 1. The van der Waals surface area contributed by atoms with Crippen molar-refractivity contribution >= 4 is 21.5 Å². The highest BCUT2D eigenvalue weighted by atomic mass is 32.2. The van der Waals surface area contributed by atoms with E-state index in [1.165, 1.54) is 7.05 Å². The van der Waals surface area contributed by atoms with E-state index in [0.717, 1.165) is 56.6 Å². The maximum atomic E-state index is 12.7. The van der Waals surface area contributed by atoms with E-state index in [0.29, 0.717) is 29.1 Å². The molecule has 37 heavy (non-hydrogen) atoms. The molecule has 0 aliphatic carbocycles. The molecule has 0 amide bonds. The van der Waals surface area contributed by atoms with Crippen LogP contribution >= 0.6 is 0 Å². The molecule has 3 aromatic rings. The number of hydrogen-bond acceptors (Lipinski definition) is 8. The molecule has 0 spiro atoms. The highest BCUT2D eigenvalue weighted by Gasteiger charge is 2.24. The molecular weight excluding hydrogens is 490 g/mol. The number of nitrogens with zero attached hydrogens (tertiary/aromatic N) is 5. The minimum atomic E-state index is -3.64. The van der Waals surface area contributed by atoms with Gasteiger partial charge in [0.25, 0.3) is 0 Å². The number of pyridine rings is 1. The highest BCUT2D eigenvalue weighted by molar-refractivity contribution is 7.89. The standard InChI is InChI=1S/C26H35N7O3S/c1-18-5-4-8-32(18)22-11-19(12-24(14-22)37(34,35)28-2)20-13-25(26(27)29-15-20)36-23-16-30-33(17-23)21-6-9-31(3)10-7-21/h11-18,21,28H,4-10H2,1-3H3,(H2,27,29). The van der Waals surface area contributed by atoms with Crippen LogP contribution in [0, 0.1) is 0 Å². The molecule has 2 fully saturated rings. The summed E-state index contributed by atoms with van der Waals surface area (Å²) in [6.45, 7) is 5.13. The van der Waals surface area contributed by atoms with Gasteiger partial charge in [0.2, 0.25) is 10.0 Å². The van der Waals surface area contributed by atoms with Crippen LogP contribution in [-0.2, 0) is 10.0 Å². The monoisotopic (exact) mass is 525 g/mol. The maximum absolute atomic E-state index is 12.7. The molecule has 3 N–H and O–H groups in total. The van der Waals surface area contributed by atoms with Gasteiger partial charge in [0.15, 0.2) is 17.3 Å². The third-order valence-corrected chi connectivity index (χ3v) is 8.83. The lowest BCUT2D eigenvalue weighted by Gasteiger charge is -2.28. The van der Waals surface area contributed by atoms with Crippen molar-refractivity contribution in [1.29, 1.82) is 0 Å². The first-order valence-corrected chi connectivity index (χ1v) is 14.2. The van der Waals surface area contributed by atoms with E-state index < -0.39 is 10.0 Å². The molecule has 5 rings (SSSR count). The second-order valence-corrected chi connectivity index (χ2v) is 11.9. The minimum absolute atomic E-state index is 0.209. The van der Waals surface area contributed by atoms with Crippen LogP contribution in [0.1, 0.15) is 38.6 Å². The molecule has 1 atom stereocenters. The van der Waals surface area contributed by atoms with Crippen molar-refractivity contribution in [2.45, 2.75) is 49.6 Å². The average molecular weight is 526 g/mol. The third-order valence-electron chi connectivity index (χ3n) is 7.44. The van der Waals surface area contributed by atoms with Crippen molar-refractivity contribution in [2.75, 3.05) is 44.4 Å². The predicted octanol–water partition coefficient (Wildman–Crippen LogP) is 3.48. The van der Waals surface area contributed by atoms with Crippen molar-refractivity contribution in [3.05, 3.63) is 42.9 Å². The zero-order valence-electron chi connectivity index (χ0n) is 21.6. The molecule has 2 aliphatic rings. The Morgan fingerprint density at radius 1 is 1.05 bits per heavy atom. The summed E-state index contributed by atoms with van der Waals surface area (Å²) in [7, 11) is -0.0903. The van der Waals surface area contributed by atoms with Crippen LogP contribution in [-0.4, -0.2) is 67.9 Å². The number of rotatable bonds is 7. The van der Waals surface area contributed by atoms with Crippen LogP contribution < -0.4 is 20.1 Å². The van der Waals surface area contributed by atoms with E-state index in [2.05, 4.69) is 38.6 Å². The van der Waals surface area contributed by atoms with E-state index in [1.807, 2.05) is 16.9 Å². The number of nitrogens with two attached hydrogens (primary N) is 1. The summed E-state index contributed by atoms with van der Waals surface area (Å²) in [6.07, 6.45) is 9.47. The van der Waals surface area contributed by atoms with Crippen molar-refractivity contribution in [3.8, 4) is 22.6 Å². The quantitative estimate of drug-likeness (QED) is 0.481. The van der Waals surface area contributed by atoms with Crippen LogP contribution in [0.25, 0.3) is 11.1 Å². The first-order valence-electron chi connectivity index (χ1n) is 12.8. The Bertz CT molecular complexity index is 1370. The zero-order chi connectivity index (χ0) is 26.2. The second-order valence-electron chi connectivity index (χ2n) is 10.0. The second kappa shape index (κ2) is 10.3. The summed E-state index contributed by atoms with van der Waals surface area (Å²) >= 11 is 0. The Morgan fingerprint density at radius 3 is 2.54 bits per heavy atom. The largest absolute Gasteiger partial charge is 0.450 e. The number of sulfonamides is 1. The fraction of sp³-hybridized carbons (Fsp3) is 0.462. The lowest BCUT2D eigenvalue weighted by molar-refractivity contribution is 0.212. The lowest BCUT2D eigenvalue weighted by Crippen LogP contribution is -2.31. The number of hydrogen-bond donors (Lipinski definition) is 2. The minimum Gasteiger partial charge on any atom is -0.450 e. The van der Waals surface area contributed by atoms with Gasteiger partial charge in [0.1, 0.15) is 0 Å². The summed E-state index contributed by atoms with van der Waals surface area (Å²) in [5, 5.41) is 4.51. The third kappa shape index (κ3) is 5.43. The molecule has 1 unspecified atom stereocenters. The predicted molar refractivity (Wildman–Crippen MR) is 144 cm³/mol. The van der Waals surface area contributed by atoms with E-state index >= 15 is 0 Å². The van der Waals surface area contributed by atoms with Crippen LogP contribution in [0.5, 0.6) is 11.5 Å². The molecule has 11 heteroatoms. The van der Waals surface area contributed by atoms with Gasteiger partial charge in [-0.2, -0.15) is 5.10 Å². The number of piperidine rings is 1. The Hall–Kier alpha value is -3.15. The number of benzene rings is 1. The molecule has 2 aromatic heterocycles. The molecule has 198 valence electrons. The smallest absolute Gasteiger partial charge is 0.240 e. The number of nitrogen functional groups attached to an aromatic ring is 1. The molecule has 10 nitrogen and oxygen atoms in total. The van der Waals surface area contributed by atoms with Gasteiger partial charge >= 0.3 is 0 Å². The first kappa shape index (κ1) is 25.5. The van der Waals surface area contributed by atoms with Gasteiger partial charge in [-0.25, -0.2) is 18.1 Å². The SMILES string of the molecule is CNS(=O)(=O)c1cc(-c2cnc(N)c(Oc3cnn(C4CCN(C)CC4)c3)c2)cc(N2CCCC2C)c1. The molecule has 2 aliphatic heterocycles. The van der Waals surface area contributed by atoms with Gasteiger partial charge in [-0.1, -0.05) is 0 Å². The maximum Gasteiger partial charge on any atom is 0.240 e. The number of likely N-dealkylation sites (tertiary alicyclic amines) is 1. The number of anilines is 2. The molecule has 0 radical (unpaired) electrons. The topological polar surface area (TPSA) is 119 Å². The van der Waals surface area contributed by atoms with Crippen molar-refractivity contribution in [3.63, 3.8) is 0 Å². The van der Waals surface area contributed by atoms with Gasteiger partial charge in [-0.15, -0.1) is 0 Å². The van der Waals surface area contributed by atoms with Crippen molar-refractivity contribution in [1.82, 2.24) is 24.4 Å². The van der Waals surface area contributed by atoms with Gasteiger partial charge in [0, 0.05) is 30.0 Å². The molecule has 2 saturated heterocycles. The van der Waals surface area contributed by atoms with Crippen molar-refractivity contribution in [2.24, 2.45) is 0 Å². The summed E-state index contributed by atoms with van der Waals surface area (Å²) in [6, 6.07) is 7.88. The fourth-order valence-corrected chi connectivity index (χ4v) is 5.95. The van der Waals surface area contributed by atoms with Gasteiger partial charge < -0.3 is 20.3 Å². The average Bonchev–Trinajstić information content (AvgIpc) is 3.54. The van der Waals surface area contributed by atoms with Crippen molar-refractivity contribution < 1.29 is 13.2 Å². The van der Waals surface area contributed by atoms with E-state index in [9.17, 15) is 8.42 Å². The van der Waals surface area contributed by atoms with Crippen LogP contribution in [0.15, 0.2) is 47.8 Å².